The van der Waals surface area contributed by atoms with Gasteiger partial charge in [-0.1, -0.05) is 0 Å². The van der Waals surface area contributed by atoms with Gasteiger partial charge in [0.15, 0.2) is 0 Å². The third kappa shape index (κ3) is 12.1. The van der Waals surface area contributed by atoms with Crippen LogP contribution in [0.3, 0.4) is 0 Å². The van der Waals surface area contributed by atoms with E-state index in [1.54, 1.807) is 4.72 Å². The van der Waals surface area contributed by atoms with Crippen molar-refractivity contribution in [2.75, 3.05) is 13.1 Å². The molecule has 0 saturated heterocycles. The molecule has 0 aromatic heterocycles. The van der Waals surface area contributed by atoms with Crippen molar-refractivity contribution >= 4 is 39.9 Å². The SMILES string of the molecule is NCCNS(=O)(=O)O.[NaH]. The summed E-state index contributed by atoms with van der Waals surface area (Å²) in [5.41, 5.74) is 4.90. The molecular weight excluding hydrogens is 155 g/mol. The van der Waals surface area contributed by atoms with Crippen LogP contribution < -0.4 is 10.5 Å². The molecule has 0 rings (SSSR count). The monoisotopic (exact) mass is 164 g/mol. The molecule has 5 nitrogen and oxygen atoms in total. The van der Waals surface area contributed by atoms with E-state index in [-0.39, 0.29) is 42.6 Å². The molecule has 0 atom stereocenters. The first kappa shape index (κ1) is 12.5. The van der Waals surface area contributed by atoms with Crippen LogP contribution in [0.15, 0.2) is 0 Å². The van der Waals surface area contributed by atoms with Crippen LogP contribution in [0.5, 0.6) is 0 Å². The molecule has 9 heavy (non-hydrogen) atoms. The summed E-state index contributed by atoms with van der Waals surface area (Å²) in [6.45, 7) is 0.249. The second-order valence-corrected chi connectivity index (χ2v) is 2.40. The Morgan fingerprint density at radius 3 is 2.11 bits per heavy atom. The van der Waals surface area contributed by atoms with E-state index in [4.69, 9.17) is 10.3 Å². The summed E-state index contributed by atoms with van der Waals surface area (Å²) in [5, 5.41) is 0. The summed E-state index contributed by atoms with van der Waals surface area (Å²) in [6.07, 6.45) is 0. The Morgan fingerprint density at radius 1 is 1.56 bits per heavy atom. The van der Waals surface area contributed by atoms with Crippen LogP contribution in [0.25, 0.3) is 0 Å². The summed E-state index contributed by atoms with van der Waals surface area (Å²) in [6, 6.07) is 0. The zero-order chi connectivity index (χ0) is 6.62. The van der Waals surface area contributed by atoms with Crippen LogP contribution in [0.1, 0.15) is 0 Å². The normalized spacial score (nSPS) is 10.4. The molecule has 0 saturated carbocycles. The van der Waals surface area contributed by atoms with E-state index >= 15 is 0 Å². The molecule has 0 bridgehead atoms. The molecular formula is C2H9N2NaO3S. The molecule has 52 valence electrons. The number of rotatable bonds is 3. The number of hydrogen-bond donors (Lipinski definition) is 3. The van der Waals surface area contributed by atoms with Crippen molar-refractivity contribution in [3.05, 3.63) is 0 Å². The first-order valence-corrected chi connectivity index (χ1v) is 3.42. The van der Waals surface area contributed by atoms with Gasteiger partial charge in [0.1, 0.15) is 0 Å². The van der Waals surface area contributed by atoms with Gasteiger partial charge >= 0.3 is 39.9 Å². The first-order valence-electron chi connectivity index (χ1n) is 1.98. The van der Waals surface area contributed by atoms with Crippen LogP contribution in [-0.4, -0.2) is 55.6 Å². The second kappa shape index (κ2) is 5.60. The number of nitrogens with two attached hydrogens (primary N) is 1. The Bertz CT molecular complexity index is 144. The minimum absolute atomic E-state index is 0. The van der Waals surface area contributed by atoms with Crippen LogP contribution in [0.4, 0.5) is 0 Å². The van der Waals surface area contributed by atoms with Gasteiger partial charge in [0, 0.05) is 13.1 Å². The molecule has 0 aliphatic carbocycles. The Labute approximate surface area is 76.2 Å². The van der Waals surface area contributed by atoms with Gasteiger partial charge in [0.05, 0.1) is 0 Å². The van der Waals surface area contributed by atoms with Gasteiger partial charge < -0.3 is 5.73 Å². The molecule has 0 fully saturated rings. The molecule has 0 radical (unpaired) electrons. The van der Waals surface area contributed by atoms with Gasteiger partial charge in [-0.25, -0.2) is 0 Å². The van der Waals surface area contributed by atoms with Gasteiger partial charge in [-0.05, 0) is 0 Å². The fourth-order valence-electron chi connectivity index (χ4n) is 0.188. The Kier molecular flexibility index (Phi) is 7.78. The zero-order valence-electron chi connectivity index (χ0n) is 4.16. The molecule has 7 heteroatoms. The average molecular weight is 164 g/mol. The third-order valence-electron chi connectivity index (χ3n) is 0.429. The van der Waals surface area contributed by atoms with E-state index in [0.29, 0.717) is 0 Å². The van der Waals surface area contributed by atoms with Crippen LogP contribution >= 0.6 is 0 Å². The van der Waals surface area contributed by atoms with Crippen molar-refractivity contribution in [3.8, 4) is 0 Å². The predicted molar refractivity (Wildman–Crippen MR) is 35.8 cm³/mol. The average Bonchev–Trinajstić information content (AvgIpc) is 1.59. The summed E-state index contributed by atoms with van der Waals surface area (Å²) >= 11 is 0. The van der Waals surface area contributed by atoms with E-state index in [9.17, 15) is 8.42 Å². The van der Waals surface area contributed by atoms with E-state index in [0.717, 1.165) is 0 Å². The molecule has 0 amide bonds. The van der Waals surface area contributed by atoms with Crippen molar-refractivity contribution in [2.45, 2.75) is 0 Å². The topological polar surface area (TPSA) is 92.4 Å². The molecule has 0 aromatic rings. The van der Waals surface area contributed by atoms with E-state index in [1.165, 1.54) is 0 Å². The van der Waals surface area contributed by atoms with Crippen LogP contribution in [0.2, 0.25) is 0 Å². The Balaban J connectivity index is 0. The third-order valence-corrected chi connectivity index (χ3v) is 0.998. The van der Waals surface area contributed by atoms with Crippen LogP contribution in [0, 0.1) is 0 Å². The fourth-order valence-corrected chi connectivity index (χ4v) is 0.564. The molecule has 0 aliphatic rings. The minimum atomic E-state index is -4.02. The summed E-state index contributed by atoms with van der Waals surface area (Å²) in [4.78, 5) is 0. The Hall–Kier alpha value is 0.830. The summed E-state index contributed by atoms with van der Waals surface area (Å²) < 4.78 is 29.3. The van der Waals surface area contributed by atoms with E-state index in [1.807, 2.05) is 0 Å². The van der Waals surface area contributed by atoms with Crippen molar-refractivity contribution in [3.63, 3.8) is 0 Å². The van der Waals surface area contributed by atoms with Crippen molar-refractivity contribution in [1.29, 1.82) is 0 Å². The van der Waals surface area contributed by atoms with Gasteiger partial charge in [-0.15, -0.1) is 0 Å². The van der Waals surface area contributed by atoms with Crippen molar-refractivity contribution < 1.29 is 13.0 Å². The second-order valence-electron chi connectivity index (χ2n) is 1.16. The molecule has 4 N–H and O–H groups in total. The zero-order valence-corrected chi connectivity index (χ0v) is 4.98. The quantitative estimate of drug-likeness (QED) is 0.323. The first-order chi connectivity index (χ1) is 3.56. The summed E-state index contributed by atoms with van der Waals surface area (Å²) in [5.74, 6) is 0. The van der Waals surface area contributed by atoms with Crippen molar-refractivity contribution in [1.82, 2.24) is 4.72 Å². The maximum absolute atomic E-state index is 9.78. The van der Waals surface area contributed by atoms with Gasteiger partial charge in [-0.2, -0.15) is 13.1 Å². The molecule has 0 unspecified atom stereocenters. The number of hydrogen-bond acceptors (Lipinski definition) is 3. The number of nitrogens with one attached hydrogen (secondary N) is 1. The molecule has 0 spiro atoms. The van der Waals surface area contributed by atoms with Crippen LogP contribution in [-0.2, 0) is 10.3 Å². The summed E-state index contributed by atoms with van der Waals surface area (Å²) in [7, 11) is -4.02. The fraction of sp³-hybridized carbons (Fsp3) is 1.00. The van der Waals surface area contributed by atoms with Gasteiger partial charge in [0.2, 0.25) is 0 Å². The van der Waals surface area contributed by atoms with Gasteiger partial charge in [-0.3, -0.25) is 4.55 Å². The van der Waals surface area contributed by atoms with Crippen molar-refractivity contribution in [2.24, 2.45) is 5.73 Å². The maximum atomic E-state index is 9.78. The van der Waals surface area contributed by atoms with Gasteiger partial charge in [0.25, 0.3) is 0 Å². The molecule has 0 heterocycles. The van der Waals surface area contributed by atoms with E-state index in [2.05, 4.69) is 0 Å². The Morgan fingerprint density at radius 2 is 2.00 bits per heavy atom. The molecule has 0 aromatic carbocycles. The predicted octanol–water partition coefficient (Wildman–Crippen LogP) is -2.31. The molecule has 0 aliphatic heterocycles. The standard InChI is InChI=1S/C2H8N2O3S.Na.H/c3-1-2-4-8(5,6)7;;/h4H,1-3H2,(H,5,6,7);;. The van der Waals surface area contributed by atoms with E-state index < -0.39 is 10.3 Å².